The van der Waals surface area contributed by atoms with Crippen molar-refractivity contribution < 1.29 is 40.0 Å². The molecule has 0 saturated carbocycles. The van der Waals surface area contributed by atoms with E-state index in [4.69, 9.17) is 5.21 Å². The molecule has 0 saturated heterocycles. The maximum atomic E-state index is 13.0. The Kier molecular flexibility index (Phi) is 7.93. The molecule has 17 heteroatoms. The Hall–Kier alpha value is -3.22. The van der Waals surface area contributed by atoms with Gasteiger partial charge in [0.2, 0.25) is 9.84 Å². The number of carbonyl (C=O) groups excluding carboxylic acids is 2. The minimum atomic E-state index is -4.46. The summed E-state index contributed by atoms with van der Waals surface area (Å²) >= 11 is 0.440. The summed E-state index contributed by atoms with van der Waals surface area (Å²) in [6.45, 7) is 1.38. The van der Waals surface area contributed by atoms with E-state index in [2.05, 4.69) is 9.71 Å². The summed E-state index contributed by atoms with van der Waals surface area (Å²) < 4.78 is 79.1. The van der Waals surface area contributed by atoms with Crippen LogP contribution < -0.4 is 10.2 Å². The van der Waals surface area contributed by atoms with E-state index in [1.54, 1.807) is 13.0 Å². The SMILES string of the molecule is Cc1ccc(S(=O)(=O)c2ccc(S(=O)(=O)N[C@H](CCCN3C(=O)c4ccccc4S3(=O)=O)C(=O)NO)s2)nc1. The van der Waals surface area contributed by atoms with Crippen LogP contribution in [0.25, 0.3) is 0 Å². The molecule has 4 rings (SSSR count). The van der Waals surface area contributed by atoms with E-state index in [1.165, 1.54) is 42.0 Å². The van der Waals surface area contributed by atoms with Crippen LogP contribution in [0.4, 0.5) is 0 Å². The van der Waals surface area contributed by atoms with Crippen LogP contribution in [0, 0.1) is 6.92 Å². The first-order valence-electron chi connectivity index (χ1n) is 11.2. The van der Waals surface area contributed by atoms with Crippen molar-refractivity contribution in [1.82, 2.24) is 19.5 Å². The van der Waals surface area contributed by atoms with Gasteiger partial charge in [0, 0.05) is 12.7 Å². The number of amides is 2. The number of sulfone groups is 1. The number of hydroxylamine groups is 1. The smallest absolute Gasteiger partial charge is 0.269 e. The van der Waals surface area contributed by atoms with Crippen molar-refractivity contribution in [3.8, 4) is 0 Å². The molecule has 0 unspecified atom stereocenters. The summed E-state index contributed by atoms with van der Waals surface area (Å²) in [5, 5.41) is 8.84. The van der Waals surface area contributed by atoms with E-state index < -0.39 is 51.9 Å². The summed E-state index contributed by atoms with van der Waals surface area (Å²) in [6, 6.07) is 9.08. The van der Waals surface area contributed by atoms with E-state index in [9.17, 15) is 34.8 Å². The lowest BCUT2D eigenvalue weighted by Gasteiger charge is -2.19. The van der Waals surface area contributed by atoms with Gasteiger partial charge < -0.3 is 0 Å². The van der Waals surface area contributed by atoms with Crippen molar-refractivity contribution in [3.05, 3.63) is 65.9 Å². The topological polar surface area (TPSA) is 197 Å². The zero-order valence-electron chi connectivity index (χ0n) is 20.1. The molecule has 0 bridgehead atoms. The van der Waals surface area contributed by atoms with Crippen molar-refractivity contribution in [2.24, 2.45) is 0 Å². The summed E-state index contributed by atoms with van der Waals surface area (Å²) in [4.78, 5) is 28.5. The number of benzene rings is 1. The molecule has 3 heterocycles. The Morgan fingerprint density at radius 3 is 2.41 bits per heavy atom. The van der Waals surface area contributed by atoms with Crippen LogP contribution in [0.1, 0.15) is 28.8 Å². The van der Waals surface area contributed by atoms with Crippen molar-refractivity contribution in [3.63, 3.8) is 0 Å². The highest BCUT2D eigenvalue weighted by atomic mass is 32.3. The van der Waals surface area contributed by atoms with Gasteiger partial charge in [-0.05, 0) is 55.7 Å². The van der Waals surface area contributed by atoms with Crippen molar-refractivity contribution >= 4 is 53.0 Å². The molecule has 2 aromatic heterocycles. The molecule has 0 radical (unpaired) electrons. The summed E-state index contributed by atoms with van der Waals surface area (Å²) in [5.74, 6) is -1.88. The molecule has 39 heavy (non-hydrogen) atoms. The first-order valence-corrected chi connectivity index (χ1v) is 16.4. The molecule has 3 N–H and O–H groups in total. The molecular weight excluding hydrogens is 593 g/mol. The summed E-state index contributed by atoms with van der Waals surface area (Å²) in [7, 11) is -12.7. The van der Waals surface area contributed by atoms with E-state index in [-0.39, 0.29) is 39.1 Å². The molecule has 208 valence electrons. The zero-order valence-corrected chi connectivity index (χ0v) is 23.4. The molecular formula is C22H22N4O9S4. The number of aromatic nitrogens is 1. The molecule has 0 spiro atoms. The number of hydrogen-bond donors (Lipinski definition) is 3. The minimum Gasteiger partial charge on any atom is -0.289 e. The third-order valence-corrected chi connectivity index (χ3v) is 12.8. The maximum Gasteiger partial charge on any atom is 0.269 e. The fraction of sp³-hybridized carbons (Fsp3) is 0.227. The van der Waals surface area contributed by atoms with Crippen LogP contribution >= 0.6 is 11.3 Å². The number of sulfonamides is 2. The second kappa shape index (κ2) is 10.7. The molecule has 1 atom stereocenters. The van der Waals surface area contributed by atoms with Crippen LogP contribution in [-0.4, -0.2) is 64.2 Å². The minimum absolute atomic E-state index is 0.00661. The van der Waals surface area contributed by atoms with E-state index in [0.29, 0.717) is 15.6 Å². The highest BCUT2D eigenvalue weighted by Crippen LogP contribution is 2.31. The van der Waals surface area contributed by atoms with Crippen LogP contribution in [0.15, 0.2) is 73.1 Å². The molecule has 1 aromatic carbocycles. The third-order valence-electron chi connectivity index (χ3n) is 5.74. The third kappa shape index (κ3) is 5.59. The van der Waals surface area contributed by atoms with E-state index in [1.807, 2.05) is 0 Å². The van der Waals surface area contributed by atoms with Gasteiger partial charge in [-0.25, -0.2) is 40.0 Å². The monoisotopic (exact) mass is 614 g/mol. The predicted octanol–water partition coefficient (Wildman–Crippen LogP) is 1.06. The van der Waals surface area contributed by atoms with Gasteiger partial charge in [0.05, 0.1) is 5.56 Å². The Balaban J connectivity index is 1.48. The van der Waals surface area contributed by atoms with Gasteiger partial charge in [-0.3, -0.25) is 14.8 Å². The first-order chi connectivity index (χ1) is 18.3. The fourth-order valence-corrected chi connectivity index (χ4v) is 9.67. The second-order valence-electron chi connectivity index (χ2n) is 8.42. The number of thiophene rings is 1. The average molecular weight is 615 g/mol. The lowest BCUT2D eigenvalue weighted by Crippen LogP contribution is -2.46. The largest absolute Gasteiger partial charge is 0.289 e. The van der Waals surface area contributed by atoms with Crippen LogP contribution in [0.2, 0.25) is 0 Å². The van der Waals surface area contributed by atoms with Gasteiger partial charge in [0.1, 0.15) is 19.4 Å². The second-order valence-corrected chi connectivity index (χ2v) is 15.4. The predicted molar refractivity (Wildman–Crippen MR) is 137 cm³/mol. The van der Waals surface area contributed by atoms with E-state index >= 15 is 0 Å². The zero-order chi connectivity index (χ0) is 28.6. The standard InChI is InChI=1S/C22H22N4O9S4/c1-14-8-9-18(23-13-14)37(30,31)19-10-11-20(36-19)38(32,33)25-16(21(27)24-29)6-4-12-26-22(28)15-5-2-3-7-17(15)39(26,34)35/h2-3,5,7-11,13,16,25,29H,4,6,12H2,1H3,(H,24,27)/t16-/m1/s1. The molecule has 1 aliphatic heterocycles. The highest BCUT2D eigenvalue weighted by Gasteiger charge is 2.40. The number of pyridine rings is 1. The van der Waals surface area contributed by atoms with Crippen LogP contribution in [-0.2, 0) is 34.7 Å². The quantitative estimate of drug-likeness (QED) is 0.219. The Labute approximate surface area is 228 Å². The maximum absolute atomic E-state index is 13.0. The average Bonchev–Trinajstić information content (AvgIpc) is 3.48. The molecule has 2 amide bonds. The molecule has 3 aromatic rings. The van der Waals surface area contributed by atoms with Gasteiger partial charge >= 0.3 is 0 Å². The van der Waals surface area contributed by atoms with Crippen molar-refractivity contribution in [2.75, 3.05) is 6.54 Å². The summed E-state index contributed by atoms with van der Waals surface area (Å²) in [5.41, 5.74) is 2.09. The number of fused-ring (bicyclic) bond motifs is 1. The first kappa shape index (κ1) is 28.8. The number of rotatable bonds is 10. The van der Waals surface area contributed by atoms with Crippen LogP contribution in [0.3, 0.4) is 0 Å². The van der Waals surface area contributed by atoms with Gasteiger partial charge in [0.15, 0.2) is 5.03 Å². The lowest BCUT2D eigenvalue weighted by molar-refractivity contribution is -0.131. The van der Waals surface area contributed by atoms with E-state index in [0.717, 1.165) is 17.7 Å². The summed E-state index contributed by atoms with van der Waals surface area (Å²) in [6.07, 6.45) is 0.922. The Morgan fingerprint density at radius 1 is 1.08 bits per heavy atom. The fourth-order valence-electron chi connectivity index (χ4n) is 3.77. The number of nitrogens with zero attached hydrogens (tertiary/aromatic N) is 2. The lowest BCUT2D eigenvalue weighted by atomic mass is 10.1. The van der Waals surface area contributed by atoms with Gasteiger partial charge in [-0.1, -0.05) is 18.2 Å². The molecule has 1 aliphatic rings. The molecule has 0 aliphatic carbocycles. The van der Waals surface area contributed by atoms with Gasteiger partial charge in [-0.15, -0.1) is 11.3 Å². The van der Waals surface area contributed by atoms with Crippen molar-refractivity contribution in [1.29, 1.82) is 0 Å². The number of carbonyl (C=O) groups is 2. The van der Waals surface area contributed by atoms with Crippen LogP contribution in [0.5, 0.6) is 0 Å². The van der Waals surface area contributed by atoms with Gasteiger partial charge in [-0.2, -0.15) is 4.72 Å². The van der Waals surface area contributed by atoms with Crippen molar-refractivity contribution in [2.45, 2.75) is 44.1 Å². The highest BCUT2D eigenvalue weighted by molar-refractivity contribution is 7.95. The normalized spacial score (nSPS) is 15.6. The molecule has 0 fully saturated rings. The van der Waals surface area contributed by atoms with Gasteiger partial charge in [0.25, 0.3) is 31.9 Å². The number of hydrogen-bond acceptors (Lipinski definition) is 11. The number of nitrogens with one attached hydrogen (secondary N) is 2. The number of aryl methyl sites for hydroxylation is 1. The molecule has 13 nitrogen and oxygen atoms in total. The Bertz CT molecular complexity index is 1750. The Morgan fingerprint density at radius 2 is 1.77 bits per heavy atom.